The minimum absolute atomic E-state index is 0.0152. The topological polar surface area (TPSA) is 88.2 Å². The van der Waals surface area contributed by atoms with Crippen LogP contribution in [-0.2, 0) is 0 Å². The standard InChI is InChI=1S/C13H14ClN5O2S/c1-21-10-3-2-7(14)4-8(10)9-5-12(18-17-9)16-13(20)11-6-15-19-22-11/h2-4,6,9,12,17-18H,5H2,1H3,(H,16,20). The van der Waals surface area contributed by atoms with Crippen LogP contribution < -0.4 is 20.9 Å². The van der Waals surface area contributed by atoms with Crippen molar-refractivity contribution in [1.29, 1.82) is 0 Å². The Labute approximate surface area is 136 Å². The van der Waals surface area contributed by atoms with Gasteiger partial charge in [-0.1, -0.05) is 16.1 Å². The van der Waals surface area contributed by atoms with Crippen molar-refractivity contribution >= 4 is 29.0 Å². The molecule has 1 aliphatic rings. The number of ether oxygens (including phenoxy) is 1. The van der Waals surface area contributed by atoms with Crippen molar-refractivity contribution in [2.45, 2.75) is 18.6 Å². The van der Waals surface area contributed by atoms with Crippen molar-refractivity contribution in [3.63, 3.8) is 0 Å². The van der Waals surface area contributed by atoms with Gasteiger partial charge in [0.2, 0.25) is 0 Å². The molecule has 0 spiro atoms. The number of nitrogens with zero attached hydrogens (tertiary/aromatic N) is 2. The van der Waals surface area contributed by atoms with Crippen molar-refractivity contribution < 1.29 is 9.53 Å². The number of methoxy groups -OCH3 is 1. The number of hydrazine groups is 1. The van der Waals surface area contributed by atoms with Crippen LogP contribution in [0.4, 0.5) is 0 Å². The van der Waals surface area contributed by atoms with E-state index in [-0.39, 0.29) is 18.1 Å². The molecule has 3 rings (SSSR count). The lowest BCUT2D eigenvalue weighted by atomic mass is 10.0. The normalized spacial score (nSPS) is 20.8. The molecular weight excluding hydrogens is 326 g/mol. The number of aromatic nitrogens is 2. The summed E-state index contributed by atoms with van der Waals surface area (Å²) in [6.45, 7) is 0. The zero-order chi connectivity index (χ0) is 15.5. The Balaban J connectivity index is 1.67. The van der Waals surface area contributed by atoms with Crippen molar-refractivity contribution in [3.05, 3.63) is 39.9 Å². The van der Waals surface area contributed by atoms with E-state index in [1.807, 2.05) is 12.1 Å². The average molecular weight is 340 g/mol. The van der Waals surface area contributed by atoms with Crippen LogP contribution in [0.3, 0.4) is 0 Å². The Hall–Kier alpha value is -1.74. The van der Waals surface area contributed by atoms with Gasteiger partial charge in [-0.25, -0.2) is 10.9 Å². The highest BCUT2D eigenvalue weighted by molar-refractivity contribution is 7.07. The van der Waals surface area contributed by atoms with E-state index in [2.05, 4.69) is 25.8 Å². The van der Waals surface area contributed by atoms with Gasteiger partial charge in [0.1, 0.15) is 10.6 Å². The maximum absolute atomic E-state index is 12.0. The first-order chi connectivity index (χ1) is 10.7. The molecule has 0 aliphatic carbocycles. The Morgan fingerprint density at radius 2 is 2.36 bits per heavy atom. The van der Waals surface area contributed by atoms with Crippen molar-refractivity contribution in [3.8, 4) is 5.75 Å². The van der Waals surface area contributed by atoms with Crippen LogP contribution in [0.15, 0.2) is 24.4 Å². The molecule has 3 N–H and O–H groups in total. The van der Waals surface area contributed by atoms with E-state index in [9.17, 15) is 4.79 Å². The van der Waals surface area contributed by atoms with Gasteiger partial charge in [0.25, 0.3) is 5.91 Å². The second-order valence-corrected chi connectivity index (χ2v) is 5.99. The van der Waals surface area contributed by atoms with E-state index < -0.39 is 0 Å². The number of amides is 1. The summed E-state index contributed by atoms with van der Waals surface area (Å²) in [5, 5.41) is 7.17. The van der Waals surface area contributed by atoms with Gasteiger partial charge in [0.15, 0.2) is 0 Å². The molecule has 116 valence electrons. The van der Waals surface area contributed by atoms with Gasteiger partial charge in [0.05, 0.1) is 25.5 Å². The lowest BCUT2D eigenvalue weighted by molar-refractivity contribution is 0.0936. The maximum Gasteiger partial charge on any atom is 0.265 e. The van der Waals surface area contributed by atoms with Gasteiger partial charge in [-0.15, -0.1) is 5.10 Å². The molecule has 2 aromatic rings. The van der Waals surface area contributed by atoms with E-state index >= 15 is 0 Å². The minimum Gasteiger partial charge on any atom is -0.496 e. The summed E-state index contributed by atoms with van der Waals surface area (Å²) in [6.07, 6.45) is 1.90. The summed E-state index contributed by atoms with van der Waals surface area (Å²) >= 11 is 7.12. The zero-order valence-corrected chi connectivity index (χ0v) is 13.2. The molecule has 22 heavy (non-hydrogen) atoms. The molecule has 9 heteroatoms. The number of rotatable bonds is 4. The second kappa shape index (κ2) is 6.57. The molecule has 1 saturated heterocycles. The van der Waals surface area contributed by atoms with Gasteiger partial charge in [-0.05, 0) is 29.7 Å². The molecule has 1 aliphatic heterocycles. The number of carbonyl (C=O) groups is 1. The van der Waals surface area contributed by atoms with Gasteiger partial charge in [-0.2, -0.15) is 0 Å². The number of carbonyl (C=O) groups excluding carboxylic acids is 1. The SMILES string of the molecule is COc1ccc(Cl)cc1C1CC(NC(=O)c2cnns2)NN1. The largest absolute Gasteiger partial charge is 0.496 e. The van der Waals surface area contributed by atoms with Crippen LogP contribution in [0.5, 0.6) is 5.75 Å². The molecule has 1 aromatic heterocycles. The number of benzene rings is 1. The van der Waals surface area contributed by atoms with Crippen molar-refractivity contribution in [1.82, 2.24) is 25.8 Å². The Bertz CT molecular complexity index is 666. The molecule has 0 saturated carbocycles. The lowest BCUT2D eigenvalue weighted by Gasteiger charge is -2.14. The zero-order valence-electron chi connectivity index (χ0n) is 11.7. The van der Waals surface area contributed by atoms with E-state index in [0.29, 0.717) is 16.3 Å². The van der Waals surface area contributed by atoms with Crippen LogP contribution in [0.2, 0.25) is 5.02 Å². The Morgan fingerprint density at radius 1 is 1.50 bits per heavy atom. The second-order valence-electron chi connectivity index (χ2n) is 4.77. The third-order valence-electron chi connectivity index (χ3n) is 3.36. The fraction of sp³-hybridized carbons (Fsp3) is 0.308. The summed E-state index contributed by atoms with van der Waals surface area (Å²) in [5.74, 6) is 0.551. The maximum atomic E-state index is 12.0. The Morgan fingerprint density at radius 3 is 3.09 bits per heavy atom. The Kier molecular flexibility index (Phi) is 4.53. The third-order valence-corrected chi connectivity index (χ3v) is 4.26. The summed E-state index contributed by atoms with van der Waals surface area (Å²) in [7, 11) is 1.62. The van der Waals surface area contributed by atoms with Gasteiger partial charge in [-0.3, -0.25) is 4.79 Å². The summed E-state index contributed by atoms with van der Waals surface area (Å²) in [5.41, 5.74) is 7.14. The van der Waals surface area contributed by atoms with E-state index in [0.717, 1.165) is 22.8 Å². The predicted octanol–water partition coefficient (Wildman–Crippen LogP) is 1.50. The third kappa shape index (κ3) is 3.20. The van der Waals surface area contributed by atoms with Gasteiger partial charge >= 0.3 is 0 Å². The van der Waals surface area contributed by atoms with Crippen molar-refractivity contribution in [2.24, 2.45) is 0 Å². The molecule has 1 aromatic carbocycles. The first-order valence-corrected chi connectivity index (χ1v) is 7.75. The first kappa shape index (κ1) is 15.2. The van der Waals surface area contributed by atoms with E-state index in [1.165, 1.54) is 6.20 Å². The summed E-state index contributed by atoms with van der Waals surface area (Å²) < 4.78 is 9.04. The fourth-order valence-corrected chi connectivity index (χ4v) is 2.93. The molecular formula is C13H14ClN5O2S. The molecule has 7 nitrogen and oxygen atoms in total. The predicted molar refractivity (Wildman–Crippen MR) is 82.8 cm³/mol. The molecule has 2 atom stereocenters. The smallest absolute Gasteiger partial charge is 0.265 e. The summed E-state index contributed by atoms with van der Waals surface area (Å²) in [4.78, 5) is 12.5. The van der Waals surface area contributed by atoms with Crippen LogP contribution in [0, 0.1) is 0 Å². The lowest BCUT2D eigenvalue weighted by Crippen LogP contribution is -2.43. The summed E-state index contributed by atoms with van der Waals surface area (Å²) in [6, 6.07) is 5.45. The first-order valence-electron chi connectivity index (χ1n) is 6.60. The quantitative estimate of drug-likeness (QED) is 0.782. The molecule has 1 fully saturated rings. The number of hydrogen-bond donors (Lipinski definition) is 3. The molecule has 0 bridgehead atoms. The monoisotopic (exact) mass is 339 g/mol. The fourth-order valence-electron chi connectivity index (χ4n) is 2.33. The van der Waals surface area contributed by atoms with Crippen LogP contribution >= 0.6 is 23.1 Å². The molecule has 2 heterocycles. The van der Waals surface area contributed by atoms with Crippen LogP contribution in [0.1, 0.15) is 27.7 Å². The van der Waals surface area contributed by atoms with Crippen molar-refractivity contribution in [2.75, 3.05) is 7.11 Å². The molecule has 0 radical (unpaired) electrons. The highest BCUT2D eigenvalue weighted by atomic mass is 35.5. The van der Waals surface area contributed by atoms with Gasteiger partial charge in [0, 0.05) is 17.0 Å². The number of halogens is 1. The minimum atomic E-state index is -0.205. The van der Waals surface area contributed by atoms with E-state index in [4.69, 9.17) is 16.3 Å². The average Bonchev–Trinajstić information content (AvgIpc) is 3.18. The number of hydrogen-bond acceptors (Lipinski definition) is 7. The molecule has 1 amide bonds. The highest BCUT2D eigenvalue weighted by Crippen LogP contribution is 2.32. The highest BCUT2D eigenvalue weighted by Gasteiger charge is 2.28. The van der Waals surface area contributed by atoms with E-state index in [1.54, 1.807) is 13.2 Å². The van der Waals surface area contributed by atoms with Gasteiger partial charge < -0.3 is 10.1 Å². The van der Waals surface area contributed by atoms with Crippen LogP contribution in [-0.4, -0.2) is 28.8 Å². The van der Waals surface area contributed by atoms with Crippen LogP contribution in [0.25, 0.3) is 0 Å². The molecule has 2 unspecified atom stereocenters. The number of nitrogens with one attached hydrogen (secondary N) is 3.